The lowest BCUT2D eigenvalue weighted by Gasteiger charge is -2.57. The van der Waals surface area contributed by atoms with E-state index in [2.05, 4.69) is 0 Å². The third-order valence-electron chi connectivity index (χ3n) is 6.42. The average molecular weight is 262 g/mol. The first-order valence-electron chi connectivity index (χ1n) is 8.18. The van der Waals surface area contributed by atoms with Gasteiger partial charge in [0.05, 0.1) is 6.04 Å². The largest absolute Gasteiger partial charge is 0.341 e. The van der Waals surface area contributed by atoms with E-state index in [1.54, 1.807) is 0 Å². The summed E-state index contributed by atoms with van der Waals surface area (Å²) in [5.41, 5.74) is 6.41. The minimum atomic E-state index is -0.212. The molecule has 0 spiro atoms. The van der Waals surface area contributed by atoms with E-state index in [1.807, 2.05) is 4.90 Å². The monoisotopic (exact) mass is 262 g/mol. The fourth-order valence-electron chi connectivity index (χ4n) is 5.95. The van der Waals surface area contributed by atoms with E-state index in [9.17, 15) is 4.79 Å². The maximum atomic E-state index is 11.9. The van der Waals surface area contributed by atoms with Crippen LogP contribution in [0.15, 0.2) is 0 Å². The van der Waals surface area contributed by atoms with Crippen molar-refractivity contribution in [3.05, 3.63) is 0 Å². The molecule has 4 saturated carbocycles. The Morgan fingerprint density at radius 3 is 2.16 bits per heavy atom. The molecular weight excluding hydrogens is 236 g/mol. The Morgan fingerprint density at radius 1 is 1.11 bits per heavy atom. The van der Waals surface area contributed by atoms with Crippen LogP contribution in [0.5, 0.6) is 0 Å². The maximum Gasteiger partial charge on any atom is 0.239 e. The molecule has 2 N–H and O–H groups in total. The number of nitrogens with zero attached hydrogens (tertiary/aromatic N) is 1. The highest BCUT2D eigenvalue weighted by Gasteiger charge is 2.50. The Kier molecular flexibility index (Phi) is 2.70. The lowest BCUT2D eigenvalue weighted by atomic mass is 9.49. The van der Waals surface area contributed by atoms with Crippen LogP contribution in [0.25, 0.3) is 0 Å². The van der Waals surface area contributed by atoms with Gasteiger partial charge in [0.2, 0.25) is 5.91 Å². The molecule has 0 radical (unpaired) electrons. The minimum Gasteiger partial charge on any atom is -0.341 e. The number of rotatable bonds is 3. The molecule has 1 unspecified atom stereocenters. The standard InChI is InChI=1S/C16H26N2O/c17-14-1-3-18(15(14)19)4-2-16-8-11-5-12(9-16)7-13(6-11)10-16/h11-14H,1-10,17H2. The molecule has 3 heteroatoms. The van der Waals surface area contributed by atoms with Gasteiger partial charge in [0.1, 0.15) is 0 Å². The number of hydrogen-bond acceptors (Lipinski definition) is 2. The fraction of sp³-hybridized carbons (Fsp3) is 0.938. The van der Waals surface area contributed by atoms with Gasteiger partial charge in [0, 0.05) is 13.1 Å². The van der Waals surface area contributed by atoms with Gasteiger partial charge >= 0.3 is 0 Å². The van der Waals surface area contributed by atoms with Crippen molar-refractivity contribution in [3.8, 4) is 0 Å². The average Bonchev–Trinajstić information content (AvgIpc) is 2.66. The van der Waals surface area contributed by atoms with Gasteiger partial charge in [-0.2, -0.15) is 0 Å². The summed E-state index contributed by atoms with van der Waals surface area (Å²) in [5, 5.41) is 0. The Bertz CT molecular complexity index is 357. The molecule has 3 nitrogen and oxygen atoms in total. The van der Waals surface area contributed by atoms with E-state index in [0.717, 1.165) is 37.3 Å². The second-order valence-corrected chi connectivity index (χ2v) is 7.89. The normalized spacial score (nSPS) is 48.3. The summed E-state index contributed by atoms with van der Waals surface area (Å²) >= 11 is 0. The summed E-state index contributed by atoms with van der Waals surface area (Å²) < 4.78 is 0. The molecule has 1 heterocycles. The van der Waals surface area contributed by atoms with Gasteiger partial charge in [0.25, 0.3) is 0 Å². The van der Waals surface area contributed by atoms with Crippen molar-refractivity contribution < 1.29 is 4.79 Å². The van der Waals surface area contributed by atoms with E-state index in [0.29, 0.717) is 5.41 Å². The fourth-order valence-corrected chi connectivity index (χ4v) is 5.95. The molecule has 19 heavy (non-hydrogen) atoms. The summed E-state index contributed by atoms with van der Waals surface area (Å²) in [4.78, 5) is 14.0. The van der Waals surface area contributed by atoms with Crippen molar-refractivity contribution in [3.63, 3.8) is 0 Å². The van der Waals surface area contributed by atoms with E-state index in [4.69, 9.17) is 5.73 Å². The zero-order chi connectivity index (χ0) is 13.0. The van der Waals surface area contributed by atoms with Crippen LogP contribution in [0.3, 0.4) is 0 Å². The number of hydrogen-bond donors (Lipinski definition) is 1. The van der Waals surface area contributed by atoms with Crippen LogP contribution in [0, 0.1) is 23.2 Å². The molecule has 1 amide bonds. The minimum absolute atomic E-state index is 0.199. The van der Waals surface area contributed by atoms with E-state index in [-0.39, 0.29) is 11.9 Å². The Balaban J connectivity index is 1.41. The molecule has 4 aliphatic carbocycles. The van der Waals surface area contributed by atoms with E-state index < -0.39 is 0 Å². The van der Waals surface area contributed by atoms with Gasteiger partial charge in [-0.3, -0.25) is 4.79 Å². The number of carbonyl (C=O) groups is 1. The molecule has 0 aromatic rings. The lowest BCUT2D eigenvalue weighted by Crippen LogP contribution is -2.47. The first kappa shape index (κ1) is 12.2. The van der Waals surface area contributed by atoms with Crippen LogP contribution in [0.2, 0.25) is 0 Å². The first-order valence-corrected chi connectivity index (χ1v) is 8.18. The molecule has 5 fully saturated rings. The maximum absolute atomic E-state index is 11.9. The third-order valence-corrected chi connectivity index (χ3v) is 6.42. The highest BCUT2D eigenvalue weighted by Crippen LogP contribution is 2.61. The Morgan fingerprint density at radius 2 is 1.68 bits per heavy atom. The van der Waals surface area contributed by atoms with Crippen LogP contribution in [0.1, 0.15) is 51.4 Å². The Hall–Kier alpha value is -0.570. The number of likely N-dealkylation sites (tertiary alicyclic amines) is 1. The van der Waals surface area contributed by atoms with Gasteiger partial charge < -0.3 is 10.6 Å². The first-order chi connectivity index (χ1) is 9.13. The predicted octanol–water partition coefficient (Wildman–Crippen LogP) is 2.15. The van der Waals surface area contributed by atoms with Gasteiger partial charge in [-0.1, -0.05) is 0 Å². The van der Waals surface area contributed by atoms with Crippen LogP contribution in [-0.2, 0) is 4.79 Å². The van der Waals surface area contributed by atoms with E-state index in [1.165, 1.54) is 44.9 Å². The van der Waals surface area contributed by atoms with E-state index >= 15 is 0 Å². The molecule has 106 valence electrons. The smallest absolute Gasteiger partial charge is 0.239 e. The zero-order valence-electron chi connectivity index (χ0n) is 11.8. The molecule has 0 aromatic heterocycles. The number of nitrogens with two attached hydrogens (primary N) is 1. The van der Waals surface area contributed by atoms with Gasteiger partial charge in [-0.25, -0.2) is 0 Å². The van der Waals surface area contributed by atoms with Crippen LogP contribution < -0.4 is 5.73 Å². The summed E-state index contributed by atoms with van der Waals surface area (Å²) in [5.74, 6) is 3.25. The van der Waals surface area contributed by atoms with Gasteiger partial charge in [0.15, 0.2) is 0 Å². The quantitative estimate of drug-likeness (QED) is 0.847. The zero-order valence-corrected chi connectivity index (χ0v) is 11.8. The van der Waals surface area contributed by atoms with Crippen molar-refractivity contribution in [2.45, 2.75) is 57.4 Å². The molecule has 1 aliphatic heterocycles. The second kappa shape index (κ2) is 4.21. The third kappa shape index (κ3) is 2.01. The highest BCUT2D eigenvalue weighted by atomic mass is 16.2. The molecule has 1 saturated heterocycles. The van der Waals surface area contributed by atoms with Crippen LogP contribution in [0.4, 0.5) is 0 Å². The second-order valence-electron chi connectivity index (χ2n) is 7.89. The highest BCUT2D eigenvalue weighted by molar-refractivity contribution is 5.83. The summed E-state index contributed by atoms with van der Waals surface area (Å²) in [6.45, 7) is 1.87. The topological polar surface area (TPSA) is 46.3 Å². The van der Waals surface area contributed by atoms with Crippen molar-refractivity contribution in [2.75, 3.05) is 13.1 Å². The van der Waals surface area contributed by atoms with Gasteiger partial charge in [-0.15, -0.1) is 0 Å². The van der Waals surface area contributed by atoms with Crippen LogP contribution in [-0.4, -0.2) is 29.9 Å². The van der Waals surface area contributed by atoms with Crippen molar-refractivity contribution in [1.29, 1.82) is 0 Å². The lowest BCUT2D eigenvalue weighted by molar-refractivity contribution is -0.129. The number of amides is 1. The molecule has 1 atom stereocenters. The van der Waals surface area contributed by atoms with Crippen molar-refractivity contribution in [1.82, 2.24) is 4.90 Å². The Labute approximate surface area is 115 Å². The predicted molar refractivity (Wildman–Crippen MR) is 74.4 cm³/mol. The number of carbonyl (C=O) groups excluding carboxylic acids is 1. The van der Waals surface area contributed by atoms with Crippen molar-refractivity contribution >= 4 is 5.91 Å². The van der Waals surface area contributed by atoms with Crippen molar-refractivity contribution in [2.24, 2.45) is 28.9 Å². The summed E-state index contributed by atoms with van der Waals surface area (Å²) in [6.07, 6.45) is 11.0. The SMILES string of the molecule is NC1CCN(CCC23CC4CC(CC(C4)C2)C3)C1=O. The molecule has 0 aromatic carbocycles. The van der Waals surface area contributed by atoms with Crippen LogP contribution >= 0.6 is 0 Å². The molecule has 5 aliphatic rings. The summed E-state index contributed by atoms with van der Waals surface area (Å²) in [7, 11) is 0. The van der Waals surface area contributed by atoms with Gasteiger partial charge in [-0.05, 0) is 74.5 Å². The summed E-state index contributed by atoms with van der Waals surface area (Å²) in [6, 6.07) is -0.212. The molecule has 4 bridgehead atoms. The molecule has 5 rings (SSSR count). The molecular formula is C16H26N2O.